The molecule has 0 spiro atoms. The highest BCUT2D eigenvalue weighted by Crippen LogP contribution is 2.12. The lowest BCUT2D eigenvalue weighted by molar-refractivity contribution is 0.502. The van der Waals surface area contributed by atoms with Gasteiger partial charge in [-0.2, -0.15) is 0 Å². The third-order valence-corrected chi connectivity index (χ3v) is 3.08. The number of aromatic nitrogens is 3. The number of hydrogen-bond acceptors (Lipinski definition) is 3. The van der Waals surface area contributed by atoms with Gasteiger partial charge in [-0.3, -0.25) is 0 Å². The van der Waals surface area contributed by atoms with E-state index < -0.39 is 0 Å². The van der Waals surface area contributed by atoms with Crippen LogP contribution in [-0.4, -0.2) is 15.0 Å². The molecule has 0 aliphatic heterocycles. The highest BCUT2D eigenvalue weighted by molar-refractivity contribution is 5.32. The van der Waals surface area contributed by atoms with Gasteiger partial charge in [-0.05, 0) is 12.8 Å². The van der Waals surface area contributed by atoms with Crippen LogP contribution in [0.3, 0.4) is 0 Å². The Hall–Kier alpha value is -1.06. The average molecular weight is 238 g/mol. The molecule has 1 rings (SSSR count). The molecule has 0 bridgehead atoms. The highest BCUT2D eigenvalue weighted by atomic mass is 15.4. The van der Waals surface area contributed by atoms with E-state index in [1.165, 1.54) is 38.5 Å². The van der Waals surface area contributed by atoms with Crippen molar-refractivity contribution in [3.8, 4) is 0 Å². The first-order valence-corrected chi connectivity index (χ1v) is 6.97. The summed E-state index contributed by atoms with van der Waals surface area (Å²) in [6, 6.07) is 0. The molecule has 98 valence electrons. The Labute approximate surface area is 105 Å². The second kappa shape index (κ2) is 8.09. The number of unbranched alkanes of at least 4 members (excludes halogenated alkanes) is 5. The topological polar surface area (TPSA) is 56.7 Å². The Balaban J connectivity index is 2.26. The van der Waals surface area contributed by atoms with Gasteiger partial charge in [0.1, 0.15) is 0 Å². The van der Waals surface area contributed by atoms with Crippen molar-refractivity contribution in [2.75, 3.05) is 5.73 Å². The summed E-state index contributed by atoms with van der Waals surface area (Å²) in [6.07, 6.45) is 9.90. The summed E-state index contributed by atoms with van der Waals surface area (Å²) in [7, 11) is 0. The van der Waals surface area contributed by atoms with Gasteiger partial charge in [0.2, 0.25) is 0 Å². The van der Waals surface area contributed by atoms with Crippen molar-refractivity contribution in [2.24, 2.45) is 0 Å². The van der Waals surface area contributed by atoms with Gasteiger partial charge in [0.15, 0.2) is 5.82 Å². The number of anilines is 1. The quantitative estimate of drug-likeness (QED) is 0.672. The summed E-state index contributed by atoms with van der Waals surface area (Å²) >= 11 is 0. The van der Waals surface area contributed by atoms with Crippen LogP contribution in [0.15, 0.2) is 0 Å². The van der Waals surface area contributed by atoms with Crippen LogP contribution in [0, 0.1) is 0 Å². The average Bonchev–Trinajstić information content (AvgIpc) is 2.66. The first-order chi connectivity index (χ1) is 8.29. The number of rotatable bonds is 9. The SMILES string of the molecule is CCCCCCCCn1nnc(N)c1CCC. The molecule has 0 aliphatic carbocycles. The number of hydrogen-bond donors (Lipinski definition) is 1. The summed E-state index contributed by atoms with van der Waals surface area (Å²) in [5.74, 6) is 0.609. The predicted octanol–water partition coefficient (Wildman–Crippen LogP) is 3.17. The van der Waals surface area contributed by atoms with Crippen LogP contribution in [0.2, 0.25) is 0 Å². The summed E-state index contributed by atoms with van der Waals surface area (Å²) < 4.78 is 1.98. The van der Waals surface area contributed by atoms with Crippen molar-refractivity contribution in [1.82, 2.24) is 15.0 Å². The molecular formula is C13H26N4. The van der Waals surface area contributed by atoms with Gasteiger partial charge in [-0.15, -0.1) is 5.10 Å². The monoisotopic (exact) mass is 238 g/mol. The summed E-state index contributed by atoms with van der Waals surface area (Å²) in [5, 5.41) is 8.06. The van der Waals surface area contributed by atoms with Crippen molar-refractivity contribution in [1.29, 1.82) is 0 Å². The molecule has 2 N–H and O–H groups in total. The third-order valence-electron chi connectivity index (χ3n) is 3.08. The molecule has 0 aromatic carbocycles. The maximum absolute atomic E-state index is 5.80. The van der Waals surface area contributed by atoms with Crippen molar-refractivity contribution in [3.63, 3.8) is 0 Å². The van der Waals surface area contributed by atoms with E-state index in [1.54, 1.807) is 0 Å². The van der Waals surface area contributed by atoms with Gasteiger partial charge in [-0.1, -0.05) is 57.6 Å². The second-order valence-electron chi connectivity index (χ2n) is 4.66. The molecule has 0 radical (unpaired) electrons. The molecule has 0 saturated carbocycles. The van der Waals surface area contributed by atoms with Gasteiger partial charge in [0, 0.05) is 6.54 Å². The van der Waals surface area contributed by atoms with E-state index in [0.717, 1.165) is 25.1 Å². The van der Waals surface area contributed by atoms with Crippen molar-refractivity contribution in [3.05, 3.63) is 5.69 Å². The first kappa shape index (κ1) is 14.0. The minimum atomic E-state index is 0.609. The summed E-state index contributed by atoms with van der Waals surface area (Å²) in [6.45, 7) is 5.36. The molecule has 4 nitrogen and oxygen atoms in total. The zero-order valence-electron chi connectivity index (χ0n) is 11.3. The molecule has 0 amide bonds. The summed E-state index contributed by atoms with van der Waals surface area (Å²) in [4.78, 5) is 0. The van der Waals surface area contributed by atoms with Gasteiger partial charge in [0.05, 0.1) is 5.69 Å². The van der Waals surface area contributed by atoms with E-state index in [4.69, 9.17) is 5.73 Å². The lowest BCUT2D eigenvalue weighted by Crippen LogP contribution is -2.06. The minimum absolute atomic E-state index is 0.609. The molecule has 0 atom stereocenters. The molecule has 0 saturated heterocycles. The molecule has 0 aliphatic rings. The van der Waals surface area contributed by atoms with Gasteiger partial charge < -0.3 is 5.73 Å². The standard InChI is InChI=1S/C13H26N4/c1-3-5-6-7-8-9-11-17-12(10-4-2)13(14)15-16-17/h3-11,14H2,1-2H3. The maximum Gasteiger partial charge on any atom is 0.169 e. The van der Waals surface area contributed by atoms with Crippen molar-refractivity contribution in [2.45, 2.75) is 71.8 Å². The molecule has 1 aromatic rings. The van der Waals surface area contributed by atoms with Crippen LogP contribution in [0.25, 0.3) is 0 Å². The number of nitrogens with zero attached hydrogens (tertiary/aromatic N) is 3. The van der Waals surface area contributed by atoms with Gasteiger partial charge >= 0.3 is 0 Å². The normalized spacial score (nSPS) is 10.9. The minimum Gasteiger partial charge on any atom is -0.381 e. The fraction of sp³-hybridized carbons (Fsp3) is 0.846. The fourth-order valence-electron chi connectivity index (χ4n) is 2.06. The Morgan fingerprint density at radius 3 is 2.41 bits per heavy atom. The molecule has 1 aromatic heterocycles. The number of nitrogens with two attached hydrogens (primary N) is 1. The zero-order chi connectivity index (χ0) is 12.5. The number of aryl methyl sites for hydroxylation is 1. The fourth-order valence-corrected chi connectivity index (χ4v) is 2.06. The van der Waals surface area contributed by atoms with Crippen molar-refractivity contribution >= 4 is 5.82 Å². The van der Waals surface area contributed by atoms with E-state index in [0.29, 0.717) is 5.82 Å². The van der Waals surface area contributed by atoms with E-state index >= 15 is 0 Å². The van der Waals surface area contributed by atoms with Crippen LogP contribution in [-0.2, 0) is 13.0 Å². The first-order valence-electron chi connectivity index (χ1n) is 6.97. The van der Waals surface area contributed by atoms with Crippen LogP contribution in [0.1, 0.15) is 64.5 Å². The molecular weight excluding hydrogens is 212 g/mol. The van der Waals surface area contributed by atoms with E-state index in [9.17, 15) is 0 Å². The molecule has 17 heavy (non-hydrogen) atoms. The predicted molar refractivity (Wildman–Crippen MR) is 71.8 cm³/mol. The molecule has 0 fully saturated rings. The molecule has 4 heteroatoms. The van der Waals surface area contributed by atoms with Crippen LogP contribution < -0.4 is 5.73 Å². The smallest absolute Gasteiger partial charge is 0.169 e. The highest BCUT2D eigenvalue weighted by Gasteiger charge is 2.08. The lowest BCUT2D eigenvalue weighted by atomic mass is 10.1. The Morgan fingerprint density at radius 1 is 1.00 bits per heavy atom. The third kappa shape index (κ3) is 4.75. The van der Waals surface area contributed by atoms with E-state index in [1.807, 2.05) is 4.68 Å². The lowest BCUT2D eigenvalue weighted by Gasteiger charge is -2.05. The summed E-state index contributed by atoms with van der Waals surface area (Å²) in [5.41, 5.74) is 6.92. The van der Waals surface area contributed by atoms with Crippen LogP contribution in [0.4, 0.5) is 5.82 Å². The zero-order valence-corrected chi connectivity index (χ0v) is 11.3. The Bertz CT molecular complexity index is 306. The van der Waals surface area contributed by atoms with E-state index in [-0.39, 0.29) is 0 Å². The van der Waals surface area contributed by atoms with E-state index in [2.05, 4.69) is 24.2 Å². The largest absolute Gasteiger partial charge is 0.381 e. The molecule has 0 unspecified atom stereocenters. The molecule has 1 heterocycles. The van der Waals surface area contributed by atoms with Crippen LogP contribution in [0.5, 0.6) is 0 Å². The second-order valence-corrected chi connectivity index (χ2v) is 4.66. The number of nitrogen functional groups attached to an aromatic ring is 1. The Morgan fingerprint density at radius 2 is 1.71 bits per heavy atom. The van der Waals surface area contributed by atoms with Gasteiger partial charge in [0.25, 0.3) is 0 Å². The van der Waals surface area contributed by atoms with Crippen molar-refractivity contribution < 1.29 is 0 Å². The Kier molecular flexibility index (Phi) is 6.67. The maximum atomic E-state index is 5.80. The van der Waals surface area contributed by atoms with Gasteiger partial charge in [-0.25, -0.2) is 4.68 Å². The van der Waals surface area contributed by atoms with Crippen LogP contribution >= 0.6 is 0 Å².